The fourth-order valence-electron chi connectivity index (χ4n) is 2.25. The average Bonchev–Trinajstić information content (AvgIpc) is 2.82. The predicted octanol–water partition coefficient (Wildman–Crippen LogP) is 2.62. The van der Waals surface area contributed by atoms with Gasteiger partial charge in [0.05, 0.1) is 12.0 Å². The number of hydrogen-bond donors (Lipinski definition) is 1. The molecule has 0 bridgehead atoms. The van der Waals surface area contributed by atoms with Crippen molar-refractivity contribution < 1.29 is 0 Å². The second-order valence-electron chi connectivity index (χ2n) is 4.27. The molecule has 4 nitrogen and oxygen atoms in total. The van der Waals surface area contributed by atoms with Gasteiger partial charge in [-0.3, -0.25) is 5.10 Å². The van der Waals surface area contributed by atoms with Gasteiger partial charge in [-0.1, -0.05) is 25.1 Å². The molecule has 0 aromatic carbocycles. The lowest BCUT2D eigenvalue weighted by molar-refractivity contribution is 0.317. The van der Waals surface area contributed by atoms with Gasteiger partial charge in [-0.25, -0.2) is 4.98 Å². The maximum absolute atomic E-state index is 9.14. The van der Waals surface area contributed by atoms with Crippen LogP contribution in [0.2, 0.25) is 0 Å². The lowest BCUT2D eigenvalue weighted by Gasteiger charge is -2.31. The van der Waals surface area contributed by atoms with Gasteiger partial charge < -0.3 is 0 Å². The van der Waals surface area contributed by atoms with Crippen molar-refractivity contribution in [1.29, 1.82) is 5.26 Å². The van der Waals surface area contributed by atoms with Crippen molar-refractivity contribution in [3.8, 4) is 6.07 Å². The van der Waals surface area contributed by atoms with Gasteiger partial charge in [-0.05, 0) is 25.2 Å². The van der Waals surface area contributed by atoms with Crippen LogP contribution in [0.5, 0.6) is 0 Å². The molecule has 1 saturated carbocycles. The summed E-state index contributed by atoms with van der Waals surface area (Å²) in [6.07, 6.45) is 6.08. The first-order valence-electron chi connectivity index (χ1n) is 5.75. The van der Waals surface area contributed by atoms with Crippen molar-refractivity contribution in [3.63, 3.8) is 0 Å². The molecule has 0 amide bonds. The first-order chi connectivity index (χ1) is 7.83. The molecule has 16 heavy (non-hydrogen) atoms. The van der Waals surface area contributed by atoms with Crippen LogP contribution >= 0.6 is 11.8 Å². The zero-order valence-electron chi connectivity index (χ0n) is 9.39. The summed E-state index contributed by atoms with van der Waals surface area (Å²) >= 11 is 1.67. The van der Waals surface area contributed by atoms with E-state index in [1.165, 1.54) is 19.2 Å². The molecule has 5 heteroatoms. The maximum atomic E-state index is 9.14. The summed E-state index contributed by atoms with van der Waals surface area (Å²) in [5.74, 6) is 0.933. The molecular weight excluding hydrogens is 220 g/mol. The van der Waals surface area contributed by atoms with Gasteiger partial charge in [0.2, 0.25) is 0 Å². The Labute approximate surface area is 99.8 Å². The maximum Gasteiger partial charge on any atom is 0.183 e. The average molecular weight is 236 g/mol. The number of aromatic amines is 1. The Hall–Kier alpha value is -1.02. The summed E-state index contributed by atoms with van der Waals surface area (Å²) in [5.41, 5.74) is 0. The quantitative estimate of drug-likeness (QED) is 0.876. The molecule has 1 aliphatic carbocycles. The monoisotopic (exact) mass is 236 g/mol. The smallest absolute Gasteiger partial charge is 0.183 e. The molecule has 86 valence electrons. The van der Waals surface area contributed by atoms with Crippen LogP contribution in [0.25, 0.3) is 0 Å². The molecule has 3 atom stereocenters. The van der Waals surface area contributed by atoms with Gasteiger partial charge in [-0.15, -0.1) is 0 Å². The van der Waals surface area contributed by atoms with E-state index in [0.29, 0.717) is 5.25 Å². The van der Waals surface area contributed by atoms with Gasteiger partial charge in [-0.2, -0.15) is 10.4 Å². The molecule has 1 heterocycles. The zero-order chi connectivity index (χ0) is 11.4. The highest BCUT2D eigenvalue weighted by Crippen LogP contribution is 2.39. The number of H-pyrrole nitrogens is 1. The Morgan fingerprint density at radius 3 is 3.12 bits per heavy atom. The minimum atomic E-state index is 0.165. The lowest BCUT2D eigenvalue weighted by Crippen LogP contribution is -2.26. The number of rotatable bonds is 3. The van der Waals surface area contributed by atoms with Crippen LogP contribution in [0.1, 0.15) is 32.6 Å². The Morgan fingerprint density at radius 1 is 1.62 bits per heavy atom. The van der Waals surface area contributed by atoms with Gasteiger partial charge in [0.1, 0.15) is 6.33 Å². The SMILES string of the molecule is CCC1CCC(C#N)C(Sc2ncn[nH]2)C1. The third-order valence-corrected chi connectivity index (χ3v) is 4.54. The zero-order valence-corrected chi connectivity index (χ0v) is 10.2. The minimum Gasteiger partial charge on any atom is -0.254 e. The van der Waals surface area contributed by atoms with Gasteiger partial charge >= 0.3 is 0 Å². The molecule has 0 saturated heterocycles. The Kier molecular flexibility index (Phi) is 3.83. The van der Waals surface area contributed by atoms with Crippen LogP contribution in [0, 0.1) is 23.2 Å². The highest BCUT2D eigenvalue weighted by atomic mass is 32.2. The summed E-state index contributed by atoms with van der Waals surface area (Å²) in [7, 11) is 0. The van der Waals surface area contributed by atoms with E-state index in [9.17, 15) is 0 Å². The first-order valence-corrected chi connectivity index (χ1v) is 6.63. The molecule has 1 aliphatic rings. The fourth-order valence-corrected chi connectivity index (χ4v) is 3.48. The molecule has 1 fully saturated rings. The number of aromatic nitrogens is 3. The Morgan fingerprint density at radius 2 is 2.50 bits per heavy atom. The van der Waals surface area contributed by atoms with Crippen LogP contribution < -0.4 is 0 Å². The van der Waals surface area contributed by atoms with E-state index in [0.717, 1.165) is 23.9 Å². The number of nitrogens with zero attached hydrogens (tertiary/aromatic N) is 3. The van der Waals surface area contributed by atoms with E-state index in [4.69, 9.17) is 5.26 Å². The normalized spacial score (nSPS) is 29.9. The van der Waals surface area contributed by atoms with Crippen molar-refractivity contribution in [1.82, 2.24) is 15.2 Å². The standard InChI is InChI=1S/C11H16N4S/c1-2-8-3-4-9(6-12)10(5-8)16-11-13-7-14-15-11/h7-10H,2-5H2,1H3,(H,13,14,15). The molecule has 2 rings (SSSR count). The summed E-state index contributed by atoms with van der Waals surface area (Å²) in [6, 6.07) is 2.43. The van der Waals surface area contributed by atoms with E-state index in [2.05, 4.69) is 28.2 Å². The topological polar surface area (TPSA) is 65.4 Å². The summed E-state index contributed by atoms with van der Waals surface area (Å²) < 4.78 is 0. The van der Waals surface area contributed by atoms with E-state index in [-0.39, 0.29) is 5.92 Å². The third-order valence-electron chi connectivity index (χ3n) is 3.30. The molecular formula is C11H16N4S. The molecule has 0 spiro atoms. The van der Waals surface area contributed by atoms with E-state index in [1.54, 1.807) is 11.8 Å². The largest absolute Gasteiger partial charge is 0.254 e. The third kappa shape index (κ3) is 2.56. The van der Waals surface area contributed by atoms with Crippen LogP contribution in [-0.2, 0) is 0 Å². The number of nitriles is 1. The van der Waals surface area contributed by atoms with E-state index < -0.39 is 0 Å². The van der Waals surface area contributed by atoms with Crippen LogP contribution in [0.4, 0.5) is 0 Å². The summed E-state index contributed by atoms with van der Waals surface area (Å²) in [6.45, 7) is 2.23. The first kappa shape index (κ1) is 11.5. The highest BCUT2D eigenvalue weighted by Gasteiger charge is 2.31. The molecule has 1 N–H and O–H groups in total. The second kappa shape index (κ2) is 5.35. The Bertz CT molecular complexity index is 357. The molecule has 3 unspecified atom stereocenters. The van der Waals surface area contributed by atoms with Crippen molar-refractivity contribution in [2.75, 3.05) is 0 Å². The van der Waals surface area contributed by atoms with Crippen molar-refractivity contribution in [3.05, 3.63) is 6.33 Å². The fraction of sp³-hybridized carbons (Fsp3) is 0.727. The van der Waals surface area contributed by atoms with Crippen molar-refractivity contribution in [2.24, 2.45) is 11.8 Å². The number of hydrogen-bond acceptors (Lipinski definition) is 4. The molecule has 0 aliphatic heterocycles. The molecule has 1 aromatic rings. The lowest BCUT2D eigenvalue weighted by atomic mass is 9.81. The van der Waals surface area contributed by atoms with Crippen LogP contribution in [0.15, 0.2) is 11.5 Å². The number of nitrogens with one attached hydrogen (secondary N) is 1. The molecule has 0 radical (unpaired) electrons. The highest BCUT2D eigenvalue weighted by molar-refractivity contribution is 7.99. The van der Waals surface area contributed by atoms with Gasteiger partial charge in [0.15, 0.2) is 5.16 Å². The Balaban J connectivity index is 2.01. The van der Waals surface area contributed by atoms with E-state index in [1.807, 2.05) is 0 Å². The molecule has 1 aromatic heterocycles. The van der Waals surface area contributed by atoms with Crippen molar-refractivity contribution in [2.45, 2.75) is 43.0 Å². The number of thioether (sulfide) groups is 1. The predicted molar refractivity (Wildman–Crippen MR) is 62.8 cm³/mol. The minimum absolute atomic E-state index is 0.165. The van der Waals surface area contributed by atoms with Gasteiger partial charge in [0.25, 0.3) is 0 Å². The second-order valence-corrected chi connectivity index (χ2v) is 5.50. The van der Waals surface area contributed by atoms with Crippen LogP contribution in [-0.4, -0.2) is 20.4 Å². The van der Waals surface area contributed by atoms with Crippen LogP contribution in [0.3, 0.4) is 0 Å². The van der Waals surface area contributed by atoms with E-state index >= 15 is 0 Å². The van der Waals surface area contributed by atoms with Crippen molar-refractivity contribution >= 4 is 11.8 Å². The van der Waals surface area contributed by atoms with Gasteiger partial charge in [0, 0.05) is 5.25 Å². The summed E-state index contributed by atoms with van der Waals surface area (Å²) in [5, 5.41) is 17.0. The summed E-state index contributed by atoms with van der Waals surface area (Å²) in [4.78, 5) is 4.12.